The SMILES string of the molecule is Cc1ccc(NC(=O)N2CCN(C(=O)c3cccc(C)c3)C2C(=O)NCCN)cc1. The van der Waals surface area contributed by atoms with Crippen molar-refractivity contribution in [3.8, 4) is 0 Å². The molecule has 1 fully saturated rings. The number of anilines is 1. The van der Waals surface area contributed by atoms with E-state index in [1.54, 1.807) is 30.3 Å². The van der Waals surface area contributed by atoms with Gasteiger partial charge in [0.15, 0.2) is 6.17 Å². The van der Waals surface area contributed by atoms with Gasteiger partial charge < -0.3 is 21.3 Å². The predicted octanol–water partition coefficient (Wildman–Crippen LogP) is 1.69. The van der Waals surface area contributed by atoms with Crippen LogP contribution in [0.25, 0.3) is 0 Å². The molecule has 0 saturated carbocycles. The van der Waals surface area contributed by atoms with Crippen molar-refractivity contribution in [3.63, 3.8) is 0 Å². The van der Waals surface area contributed by atoms with Crippen molar-refractivity contribution >= 4 is 23.5 Å². The molecule has 2 aromatic carbocycles. The predicted molar refractivity (Wildman–Crippen MR) is 115 cm³/mol. The summed E-state index contributed by atoms with van der Waals surface area (Å²) in [5, 5.41) is 5.50. The topological polar surface area (TPSA) is 108 Å². The van der Waals surface area contributed by atoms with Crippen LogP contribution in [-0.2, 0) is 4.79 Å². The molecule has 158 valence electrons. The van der Waals surface area contributed by atoms with Crippen LogP contribution in [0, 0.1) is 13.8 Å². The quantitative estimate of drug-likeness (QED) is 0.698. The molecule has 4 amide bonds. The first-order chi connectivity index (χ1) is 14.4. The smallest absolute Gasteiger partial charge is 0.323 e. The fraction of sp³-hybridized carbons (Fsp3) is 0.318. The van der Waals surface area contributed by atoms with E-state index >= 15 is 0 Å². The van der Waals surface area contributed by atoms with Gasteiger partial charge in [-0.3, -0.25) is 14.5 Å². The van der Waals surface area contributed by atoms with Gasteiger partial charge in [0.05, 0.1) is 0 Å². The standard InChI is InChI=1S/C22H27N5O3/c1-15-6-8-18(9-7-15)25-22(30)27-13-12-26(20(27)19(28)24-11-10-23)21(29)17-5-3-4-16(2)14-17/h3-9,14,20H,10-13,23H2,1-2H3,(H,24,28)(H,25,30). The summed E-state index contributed by atoms with van der Waals surface area (Å²) in [7, 11) is 0. The Bertz CT molecular complexity index is 929. The van der Waals surface area contributed by atoms with Crippen molar-refractivity contribution in [3.05, 3.63) is 65.2 Å². The molecule has 4 N–H and O–H groups in total. The van der Waals surface area contributed by atoms with Crippen LogP contribution in [0.5, 0.6) is 0 Å². The number of hydrogen-bond acceptors (Lipinski definition) is 4. The number of hydrogen-bond donors (Lipinski definition) is 3. The lowest BCUT2D eigenvalue weighted by atomic mass is 10.1. The van der Waals surface area contributed by atoms with Crippen LogP contribution in [0.2, 0.25) is 0 Å². The van der Waals surface area contributed by atoms with Crippen LogP contribution in [0.3, 0.4) is 0 Å². The van der Waals surface area contributed by atoms with Gasteiger partial charge >= 0.3 is 6.03 Å². The largest absolute Gasteiger partial charge is 0.351 e. The second kappa shape index (κ2) is 9.41. The zero-order chi connectivity index (χ0) is 21.7. The zero-order valence-corrected chi connectivity index (χ0v) is 17.2. The summed E-state index contributed by atoms with van der Waals surface area (Å²) in [5.74, 6) is -0.727. The van der Waals surface area contributed by atoms with Gasteiger partial charge in [-0.15, -0.1) is 0 Å². The third-order valence-electron chi connectivity index (χ3n) is 4.94. The highest BCUT2D eigenvalue weighted by Crippen LogP contribution is 2.21. The number of rotatable bonds is 5. The third kappa shape index (κ3) is 4.77. The Kier molecular flexibility index (Phi) is 6.68. The number of carbonyl (C=O) groups excluding carboxylic acids is 3. The second-order valence-electron chi connectivity index (χ2n) is 7.31. The first-order valence-electron chi connectivity index (χ1n) is 9.90. The summed E-state index contributed by atoms with van der Waals surface area (Å²) >= 11 is 0. The summed E-state index contributed by atoms with van der Waals surface area (Å²) in [4.78, 5) is 41.7. The first kappa shape index (κ1) is 21.3. The highest BCUT2D eigenvalue weighted by Gasteiger charge is 2.42. The van der Waals surface area contributed by atoms with Crippen molar-refractivity contribution in [1.29, 1.82) is 0 Å². The van der Waals surface area contributed by atoms with E-state index in [4.69, 9.17) is 5.73 Å². The molecule has 1 aliphatic rings. The third-order valence-corrected chi connectivity index (χ3v) is 4.94. The fourth-order valence-electron chi connectivity index (χ4n) is 3.40. The van der Waals surface area contributed by atoms with Crippen molar-refractivity contribution in [2.24, 2.45) is 5.73 Å². The number of carbonyl (C=O) groups is 3. The average molecular weight is 409 g/mol. The number of aryl methyl sites for hydroxylation is 2. The van der Waals surface area contributed by atoms with E-state index in [0.717, 1.165) is 11.1 Å². The first-order valence-corrected chi connectivity index (χ1v) is 9.90. The Morgan fingerprint density at radius 3 is 2.37 bits per heavy atom. The highest BCUT2D eigenvalue weighted by molar-refractivity contribution is 6.00. The van der Waals surface area contributed by atoms with E-state index in [1.165, 1.54) is 9.80 Å². The molecule has 0 bridgehead atoms. The number of nitrogens with zero attached hydrogens (tertiary/aromatic N) is 2. The molecule has 3 rings (SSSR count). The second-order valence-corrected chi connectivity index (χ2v) is 7.31. The van der Waals surface area contributed by atoms with E-state index < -0.39 is 18.1 Å². The van der Waals surface area contributed by atoms with Crippen LogP contribution in [0.15, 0.2) is 48.5 Å². The minimum absolute atomic E-state index is 0.246. The van der Waals surface area contributed by atoms with E-state index in [9.17, 15) is 14.4 Å². The van der Waals surface area contributed by atoms with Gasteiger partial charge in [-0.2, -0.15) is 0 Å². The lowest BCUT2D eigenvalue weighted by Gasteiger charge is -2.29. The fourth-order valence-corrected chi connectivity index (χ4v) is 3.40. The molecule has 0 radical (unpaired) electrons. The minimum Gasteiger partial charge on any atom is -0.351 e. The summed E-state index contributed by atoms with van der Waals surface area (Å²) in [5.41, 5.74) is 8.61. The van der Waals surface area contributed by atoms with Crippen LogP contribution >= 0.6 is 0 Å². The van der Waals surface area contributed by atoms with Gasteiger partial charge in [-0.05, 0) is 38.1 Å². The average Bonchev–Trinajstić information content (AvgIpc) is 3.18. The molecular formula is C22H27N5O3. The molecule has 1 heterocycles. The minimum atomic E-state index is -1.05. The van der Waals surface area contributed by atoms with Gasteiger partial charge in [0, 0.05) is 37.4 Å². The van der Waals surface area contributed by atoms with Crippen molar-refractivity contribution in [2.75, 3.05) is 31.5 Å². The molecule has 30 heavy (non-hydrogen) atoms. The zero-order valence-electron chi connectivity index (χ0n) is 17.2. The molecule has 1 unspecified atom stereocenters. The Morgan fingerprint density at radius 2 is 1.70 bits per heavy atom. The van der Waals surface area contributed by atoms with Crippen LogP contribution in [-0.4, -0.2) is 60.0 Å². The van der Waals surface area contributed by atoms with E-state index in [0.29, 0.717) is 11.3 Å². The maximum atomic E-state index is 13.1. The summed E-state index contributed by atoms with van der Waals surface area (Å²) in [6, 6.07) is 14.1. The van der Waals surface area contributed by atoms with Crippen LogP contribution in [0.1, 0.15) is 21.5 Å². The highest BCUT2D eigenvalue weighted by atomic mass is 16.2. The molecule has 8 nitrogen and oxygen atoms in total. The lowest BCUT2D eigenvalue weighted by molar-refractivity contribution is -0.127. The van der Waals surface area contributed by atoms with Crippen molar-refractivity contribution in [2.45, 2.75) is 20.0 Å². The van der Waals surface area contributed by atoms with Gasteiger partial charge in [0.2, 0.25) is 0 Å². The lowest BCUT2D eigenvalue weighted by Crippen LogP contribution is -2.55. The Labute approximate surface area is 176 Å². The van der Waals surface area contributed by atoms with Crippen LogP contribution in [0.4, 0.5) is 10.5 Å². The normalized spacial score (nSPS) is 15.8. The van der Waals surface area contributed by atoms with Crippen molar-refractivity contribution < 1.29 is 14.4 Å². The molecule has 1 aliphatic heterocycles. The molecule has 8 heteroatoms. The molecule has 0 aliphatic carbocycles. The maximum Gasteiger partial charge on any atom is 0.323 e. The van der Waals surface area contributed by atoms with E-state index in [-0.39, 0.29) is 32.1 Å². The number of urea groups is 1. The Balaban J connectivity index is 1.83. The summed E-state index contributed by atoms with van der Waals surface area (Å²) in [6.07, 6.45) is -1.05. The summed E-state index contributed by atoms with van der Waals surface area (Å²) < 4.78 is 0. The molecular weight excluding hydrogens is 382 g/mol. The summed E-state index contributed by atoms with van der Waals surface area (Å²) in [6.45, 7) is 4.88. The monoisotopic (exact) mass is 409 g/mol. The van der Waals surface area contributed by atoms with Gasteiger partial charge in [0.25, 0.3) is 11.8 Å². The van der Waals surface area contributed by atoms with E-state index in [2.05, 4.69) is 10.6 Å². The number of benzene rings is 2. The Hall–Kier alpha value is -3.39. The molecule has 1 saturated heterocycles. The molecule has 0 spiro atoms. The molecule has 1 atom stereocenters. The number of amides is 4. The van der Waals surface area contributed by atoms with Crippen molar-refractivity contribution in [1.82, 2.24) is 15.1 Å². The maximum absolute atomic E-state index is 13.1. The molecule has 0 aromatic heterocycles. The molecule has 2 aromatic rings. The Morgan fingerprint density at radius 1 is 1.00 bits per heavy atom. The van der Waals surface area contributed by atoms with Gasteiger partial charge in [-0.25, -0.2) is 4.79 Å². The van der Waals surface area contributed by atoms with E-state index in [1.807, 2.05) is 32.0 Å². The van der Waals surface area contributed by atoms with Gasteiger partial charge in [0.1, 0.15) is 0 Å². The van der Waals surface area contributed by atoms with Gasteiger partial charge in [-0.1, -0.05) is 35.4 Å². The van der Waals surface area contributed by atoms with Crippen LogP contribution < -0.4 is 16.4 Å². The number of nitrogens with two attached hydrogens (primary N) is 1. The number of nitrogens with one attached hydrogen (secondary N) is 2.